The van der Waals surface area contributed by atoms with E-state index < -0.39 is 0 Å². The minimum Gasteiger partial charge on any atom is -0.423 e. The van der Waals surface area contributed by atoms with E-state index in [1.165, 1.54) is 6.42 Å². The van der Waals surface area contributed by atoms with Crippen molar-refractivity contribution in [3.8, 4) is 0 Å². The van der Waals surface area contributed by atoms with Crippen LogP contribution < -0.4 is 10.2 Å². The third-order valence-corrected chi connectivity index (χ3v) is 6.87. The fraction of sp³-hybridized carbons (Fsp3) is 0.619. The Balaban J connectivity index is 0.00000120. The molecule has 1 aromatic carbocycles. The van der Waals surface area contributed by atoms with Gasteiger partial charge in [0.05, 0.1) is 0 Å². The second kappa shape index (κ2) is 9.11. The minimum atomic E-state index is 0. The van der Waals surface area contributed by atoms with Crippen molar-refractivity contribution in [2.24, 2.45) is 11.3 Å². The number of carbonyl (C=O) groups is 1. The van der Waals surface area contributed by atoms with Gasteiger partial charge >= 0.3 is 0 Å². The van der Waals surface area contributed by atoms with Gasteiger partial charge in [0, 0.05) is 38.6 Å². The quantitative estimate of drug-likeness (QED) is 0.773. The number of rotatable bonds is 2. The molecule has 29 heavy (non-hydrogen) atoms. The van der Waals surface area contributed by atoms with Crippen LogP contribution in [-0.4, -0.2) is 55.1 Å². The number of halogens is 2. The predicted octanol–water partition coefficient (Wildman–Crippen LogP) is 3.49. The summed E-state index contributed by atoms with van der Waals surface area (Å²) >= 11 is 0. The van der Waals surface area contributed by atoms with Crippen molar-refractivity contribution in [2.45, 2.75) is 32.1 Å². The van der Waals surface area contributed by atoms with Crippen LogP contribution in [-0.2, 0) is 4.79 Å². The van der Waals surface area contributed by atoms with Crippen LogP contribution in [0.3, 0.4) is 0 Å². The average Bonchev–Trinajstić information content (AvgIpc) is 3.35. The molecule has 0 saturated carbocycles. The van der Waals surface area contributed by atoms with Crippen molar-refractivity contribution in [3.63, 3.8) is 0 Å². The average molecular weight is 441 g/mol. The van der Waals surface area contributed by atoms with E-state index >= 15 is 0 Å². The van der Waals surface area contributed by atoms with E-state index in [0.29, 0.717) is 17.3 Å². The monoisotopic (exact) mass is 440 g/mol. The van der Waals surface area contributed by atoms with Gasteiger partial charge in [0.25, 0.3) is 6.01 Å². The lowest BCUT2D eigenvalue weighted by molar-refractivity contribution is -0.138. The summed E-state index contributed by atoms with van der Waals surface area (Å²) in [5, 5.41) is 3.50. The molecule has 2 aromatic rings. The number of nitrogens with zero attached hydrogens (tertiary/aromatic N) is 3. The molecule has 1 aromatic heterocycles. The van der Waals surface area contributed by atoms with E-state index in [4.69, 9.17) is 4.42 Å². The number of hydrogen-bond acceptors (Lipinski definition) is 5. The van der Waals surface area contributed by atoms with Gasteiger partial charge in [-0.1, -0.05) is 12.1 Å². The molecule has 1 N–H and O–H groups in total. The van der Waals surface area contributed by atoms with E-state index in [2.05, 4.69) is 20.1 Å². The molecular formula is C21H30Cl2N4O2. The lowest BCUT2D eigenvalue weighted by atomic mass is 9.77. The van der Waals surface area contributed by atoms with Crippen LogP contribution in [0.25, 0.3) is 11.1 Å². The van der Waals surface area contributed by atoms with Crippen molar-refractivity contribution in [1.82, 2.24) is 15.2 Å². The van der Waals surface area contributed by atoms with Crippen LogP contribution in [0.2, 0.25) is 0 Å². The zero-order valence-electron chi connectivity index (χ0n) is 16.6. The smallest absolute Gasteiger partial charge is 0.298 e. The molecule has 4 heterocycles. The maximum absolute atomic E-state index is 13.0. The number of piperidine rings is 2. The molecule has 0 radical (unpaired) electrons. The Morgan fingerprint density at radius 3 is 2.45 bits per heavy atom. The largest absolute Gasteiger partial charge is 0.423 e. The summed E-state index contributed by atoms with van der Waals surface area (Å²) in [7, 11) is 0. The minimum absolute atomic E-state index is 0. The maximum Gasteiger partial charge on any atom is 0.298 e. The molecule has 0 aliphatic carbocycles. The number of fused-ring (bicyclic) bond motifs is 1. The number of hydrogen-bond donors (Lipinski definition) is 1. The first-order valence-electron chi connectivity index (χ1n) is 10.3. The molecule has 8 heteroatoms. The van der Waals surface area contributed by atoms with Gasteiger partial charge in [-0.2, -0.15) is 4.98 Å². The Morgan fingerprint density at radius 1 is 1.07 bits per heavy atom. The van der Waals surface area contributed by atoms with Crippen molar-refractivity contribution in [3.05, 3.63) is 24.3 Å². The van der Waals surface area contributed by atoms with Crippen LogP contribution in [0.1, 0.15) is 32.1 Å². The van der Waals surface area contributed by atoms with Gasteiger partial charge in [0.2, 0.25) is 5.91 Å². The van der Waals surface area contributed by atoms with Gasteiger partial charge in [0.1, 0.15) is 5.52 Å². The Labute approximate surface area is 184 Å². The highest BCUT2D eigenvalue weighted by molar-refractivity contribution is 5.85. The van der Waals surface area contributed by atoms with Crippen molar-refractivity contribution < 1.29 is 9.21 Å². The van der Waals surface area contributed by atoms with Gasteiger partial charge in [-0.3, -0.25) is 4.79 Å². The zero-order valence-corrected chi connectivity index (χ0v) is 18.3. The number of likely N-dealkylation sites (tertiary alicyclic amines) is 1. The molecule has 3 aliphatic rings. The number of anilines is 1. The molecule has 160 valence electrons. The summed E-state index contributed by atoms with van der Waals surface area (Å²) in [6, 6.07) is 8.55. The lowest BCUT2D eigenvalue weighted by Crippen LogP contribution is -2.48. The number of oxazole rings is 1. The second-order valence-electron chi connectivity index (χ2n) is 8.48. The maximum atomic E-state index is 13.0. The third kappa shape index (κ3) is 4.35. The zero-order chi connectivity index (χ0) is 18.3. The fourth-order valence-electron chi connectivity index (χ4n) is 4.99. The molecule has 5 rings (SSSR count). The molecule has 3 saturated heterocycles. The Kier molecular flexibility index (Phi) is 6.97. The molecule has 1 spiro atoms. The van der Waals surface area contributed by atoms with Gasteiger partial charge < -0.3 is 19.5 Å². The van der Waals surface area contributed by atoms with E-state index in [9.17, 15) is 4.79 Å². The van der Waals surface area contributed by atoms with E-state index in [1.807, 2.05) is 24.3 Å². The van der Waals surface area contributed by atoms with Crippen molar-refractivity contribution >= 4 is 47.8 Å². The number of aromatic nitrogens is 1. The molecule has 1 amide bonds. The SMILES string of the molecule is Cl.Cl.O=C(C1CCN(c2nc3ccccc3o2)CC1)N1CCC2(CCNC2)CC1. The summed E-state index contributed by atoms with van der Waals surface area (Å²) in [6.45, 7) is 5.83. The number of nitrogens with one attached hydrogen (secondary N) is 1. The Bertz CT molecular complexity index is 786. The fourth-order valence-corrected chi connectivity index (χ4v) is 4.99. The summed E-state index contributed by atoms with van der Waals surface area (Å²) in [6.07, 6.45) is 5.38. The van der Waals surface area contributed by atoms with Crippen molar-refractivity contribution in [1.29, 1.82) is 0 Å². The number of carbonyl (C=O) groups excluding carboxylic acids is 1. The summed E-state index contributed by atoms with van der Waals surface area (Å²) in [4.78, 5) is 21.9. The molecular weight excluding hydrogens is 411 g/mol. The second-order valence-corrected chi connectivity index (χ2v) is 8.48. The van der Waals surface area contributed by atoms with Gasteiger partial charge in [-0.25, -0.2) is 0 Å². The van der Waals surface area contributed by atoms with Gasteiger partial charge in [-0.05, 0) is 56.2 Å². The Morgan fingerprint density at radius 2 is 1.79 bits per heavy atom. The van der Waals surface area contributed by atoms with Crippen LogP contribution in [0, 0.1) is 11.3 Å². The van der Waals surface area contributed by atoms with Gasteiger partial charge in [-0.15, -0.1) is 24.8 Å². The van der Waals surface area contributed by atoms with Crippen LogP contribution in [0.4, 0.5) is 6.01 Å². The lowest BCUT2D eigenvalue weighted by Gasteiger charge is -2.41. The first kappa shape index (κ1) is 22.2. The third-order valence-electron chi connectivity index (χ3n) is 6.87. The van der Waals surface area contributed by atoms with Crippen LogP contribution in [0.5, 0.6) is 0 Å². The molecule has 0 unspecified atom stereocenters. The highest BCUT2D eigenvalue weighted by Crippen LogP contribution is 2.37. The molecule has 0 atom stereocenters. The topological polar surface area (TPSA) is 61.6 Å². The number of benzene rings is 1. The molecule has 0 bridgehead atoms. The van der Waals surface area contributed by atoms with E-state index in [0.717, 1.165) is 76.1 Å². The number of amides is 1. The van der Waals surface area contributed by atoms with Crippen LogP contribution >= 0.6 is 24.8 Å². The van der Waals surface area contributed by atoms with Gasteiger partial charge in [0.15, 0.2) is 5.58 Å². The Hall–Kier alpha value is -1.50. The predicted molar refractivity (Wildman–Crippen MR) is 119 cm³/mol. The summed E-state index contributed by atoms with van der Waals surface area (Å²) in [5.74, 6) is 0.523. The summed E-state index contributed by atoms with van der Waals surface area (Å²) in [5.41, 5.74) is 2.19. The van der Waals surface area contributed by atoms with E-state index in [1.54, 1.807) is 0 Å². The molecule has 6 nitrogen and oxygen atoms in total. The van der Waals surface area contributed by atoms with Crippen LogP contribution in [0.15, 0.2) is 28.7 Å². The van der Waals surface area contributed by atoms with E-state index in [-0.39, 0.29) is 30.7 Å². The molecule has 3 fully saturated rings. The first-order valence-corrected chi connectivity index (χ1v) is 10.3. The highest BCUT2D eigenvalue weighted by Gasteiger charge is 2.39. The summed E-state index contributed by atoms with van der Waals surface area (Å²) < 4.78 is 5.89. The molecule has 3 aliphatic heterocycles. The van der Waals surface area contributed by atoms with Crippen molar-refractivity contribution in [2.75, 3.05) is 44.2 Å². The standard InChI is InChI=1S/C21H28N4O2.2ClH/c26-19(24-13-8-21(9-14-24)7-10-22-15-21)16-5-11-25(12-6-16)20-23-17-3-1-2-4-18(17)27-20;;/h1-4,16,22H,5-15H2;2*1H. The first-order chi connectivity index (χ1) is 13.2. The number of para-hydroxylation sites is 2. The highest BCUT2D eigenvalue weighted by atomic mass is 35.5. The normalized spacial score (nSPS) is 21.8.